The summed E-state index contributed by atoms with van der Waals surface area (Å²) in [6.45, 7) is 5.07. The third-order valence-electron chi connectivity index (χ3n) is 3.14. The molecule has 18 heavy (non-hydrogen) atoms. The van der Waals surface area contributed by atoms with Gasteiger partial charge in [-0.1, -0.05) is 0 Å². The van der Waals surface area contributed by atoms with Crippen LogP contribution in [-0.4, -0.2) is 51.6 Å². The highest BCUT2D eigenvalue weighted by Gasteiger charge is 2.21. The van der Waals surface area contributed by atoms with Crippen molar-refractivity contribution in [2.24, 2.45) is 0 Å². The number of rotatable bonds is 1. The van der Waals surface area contributed by atoms with Crippen LogP contribution in [0.2, 0.25) is 0 Å². The van der Waals surface area contributed by atoms with Crippen molar-refractivity contribution in [2.45, 2.75) is 6.92 Å². The zero-order chi connectivity index (χ0) is 12.5. The Morgan fingerprint density at radius 1 is 1.39 bits per heavy atom. The Bertz CT molecular complexity index is 585. The zero-order valence-electron chi connectivity index (χ0n) is 10.3. The molecule has 0 aliphatic carbocycles. The van der Waals surface area contributed by atoms with Crippen molar-refractivity contribution in [2.75, 3.05) is 26.2 Å². The highest BCUT2D eigenvalue weighted by Crippen LogP contribution is 2.12. The third-order valence-corrected chi connectivity index (χ3v) is 3.14. The predicted molar refractivity (Wildman–Crippen MR) is 66.5 cm³/mol. The quantitative estimate of drug-likeness (QED) is 0.773. The predicted octanol–water partition coefficient (Wildman–Crippen LogP) is 0.0831. The van der Waals surface area contributed by atoms with Crippen molar-refractivity contribution in [1.29, 1.82) is 0 Å². The van der Waals surface area contributed by atoms with Crippen LogP contribution >= 0.6 is 0 Å². The van der Waals surface area contributed by atoms with E-state index in [4.69, 9.17) is 0 Å². The standard InChI is InChI=1S/C12H15N5O/c1-9-2-5-17-11(15-9)10(8-14-17)12(18)16-6-3-13-4-7-16/h2,5,8,13H,3-4,6-7H2,1H3. The summed E-state index contributed by atoms with van der Waals surface area (Å²) in [6, 6.07) is 1.87. The molecule has 6 heteroatoms. The summed E-state index contributed by atoms with van der Waals surface area (Å²) in [6.07, 6.45) is 3.43. The molecule has 0 bridgehead atoms. The number of fused-ring (bicyclic) bond motifs is 1. The second-order valence-electron chi connectivity index (χ2n) is 4.44. The van der Waals surface area contributed by atoms with Gasteiger partial charge >= 0.3 is 0 Å². The van der Waals surface area contributed by atoms with E-state index in [9.17, 15) is 4.79 Å². The average Bonchev–Trinajstić information content (AvgIpc) is 2.82. The summed E-state index contributed by atoms with van der Waals surface area (Å²) in [5.74, 6) is 0.0181. The summed E-state index contributed by atoms with van der Waals surface area (Å²) >= 11 is 0. The first-order valence-corrected chi connectivity index (χ1v) is 6.07. The lowest BCUT2D eigenvalue weighted by atomic mass is 10.2. The molecule has 1 N–H and O–H groups in total. The second kappa shape index (κ2) is 4.38. The Hall–Kier alpha value is -1.95. The molecule has 6 nitrogen and oxygen atoms in total. The molecule has 0 spiro atoms. The fourth-order valence-electron chi connectivity index (χ4n) is 2.15. The maximum atomic E-state index is 12.4. The molecule has 0 aromatic carbocycles. The molecule has 1 amide bonds. The van der Waals surface area contributed by atoms with Crippen LogP contribution in [0, 0.1) is 6.92 Å². The maximum absolute atomic E-state index is 12.4. The fourth-order valence-corrected chi connectivity index (χ4v) is 2.15. The van der Waals surface area contributed by atoms with Gasteiger partial charge in [0.2, 0.25) is 0 Å². The molecule has 0 atom stereocenters. The number of carbonyl (C=O) groups excluding carboxylic acids is 1. The van der Waals surface area contributed by atoms with E-state index in [1.54, 1.807) is 10.7 Å². The number of nitrogens with zero attached hydrogens (tertiary/aromatic N) is 4. The number of aryl methyl sites for hydroxylation is 1. The molecule has 3 rings (SSSR count). The molecule has 0 saturated carbocycles. The Balaban J connectivity index is 1.98. The van der Waals surface area contributed by atoms with Gasteiger partial charge in [0.1, 0.15) is 5.56 Å². The summed E-state index contributed by atoms with van der Waals surface area (Å²) < 4.78 is 1.64. The minimum absolute atomic E-state index is 0.0181. The first-order valence-electron chi connectivity index (χ1n) is 6.07. The van der Waals surface area contributed by atoms with E-state index in [-0.39, 0.29) is 5.91 Å². The molecular formula is C12H15N5O. The van der Waals surface area contributed by atoms with Crippen LogP contribution in [-0.2, 0) is 0 Å². The van der Waals surface area contributed by atoms with Crippen molar-refractivity contribution in [1.82, 2.24) is 24.8 Å². The van der Waals surface area contributed by atoms with Crippen LogP contribution in [0.3, 0.4) is 0 Å². The number of hydrogen-bond donors (Lipinski definition) is 1. The summed E-state index contributed by atoms with van der Waals surface area (Å²) in [7, 11) is 0. The topological polar surface area (TPSA) is 62.5 Å². The van der Waals surface area contributed by atoms with E-state index < -0.39 is 0 Å². The Morgan fingerprint density at radius 3 is 2.94 bits per heavy atom. The van der Waals surface area contributed by atoms with Gasteiger partial charge in [0.15, 0.2) is 5.65 Å². The van der Waals surface area contributed by atoms with E-state index in [0.29, 0.717) is 11.2 Å². The van der Waals surface area contributed by atoms with Crippen molar-refractivity contribution in [3.05, 3.63) is 29.7 Å². The Morgan fingerprint density at radius 2 is 2.17 bits per heavy atom. The van der Waals surface area contributed by atoms with Gasteiger partial charge in [-0.2, -0.15) is 5.10 Å². The normalized spacial score (nSPS) is 16.2. The van der Waals surface area contributed by atoms with Gasteiger partial charge in [0, 0.05) is 38.1 Å². The van der Waals surface area contributed by atoms with Crippen molar-refractivity contribution >= 4 is 11.6 Å². The van der Waals surface area contributed by atoms with Crippen LogP contribution in [0.1, 0.15) is 16.1 Å². The van der Waals surface area contributed by atoms with Crippen LogP contribution in [0.5, 0.6) is 0 Å². The number of nitrogens with one attached hydrogen (secondary N) is 1. The molecule has 3 heterocycles. The Labute approximate surface area is 105 Å². The number of hydrogen-bond acceptors (Lipinski definition) is 4. The van der Waals surface area contributed by atoms with E-state index >= 15 is 0 Å². The van der Waals surface area contributed by atoms with Gasteiger partial charge in [-0.3, -0.25) is 4.79 Å². The maximum Gasteiger partial charge on any atom is 0.259 e. The number of piperazine rings is 1. The highest BCUT2D eigenvalue weighted by atomic mass is 16.2. The van der Waals surface area contributed by atoms with Gasteiger partial charge in [-0.05, 0) is 13.0 Å². The van der Waals surface area contributed by atoms with E-state index in [0.717, 1.165) is 31.9 Å². The molecule has 1 saturated heterocycles. The highest BCUT2D eigenvalue weighted by molar-refractivity contribution is 5.99. The molecule has 1 aliphatic rings. The molecule has 1 aliphatic heterocycles. The van der Waals surface area contributed by atoms with Crippen LogP contribution in [0.4, 0.5) is 0 Å². The zero-order valence-corrected chi connectivity index (χ0v) is 10.3. The molecular weight excluding hydrogens is 230 g/mol. The third kappa shape index (κ3) is 1.84. The monoisotopic (exact) mass is 245 g/mol. The number of aromatic nitrogens is 3. The summed E-state index contributed by atoms with van der Waals surface area (Å²) in [4.78, 5) is 18.6. The largest absolute Gasteiger partial charge is 0.336 e. The average molecular weight is 245 g/mol. The molecule has 2 aromatic heterocycles. The molecule has 2 aromatic rings. The van der Waals surface area contributed by atoms with Crippen LogP contribution in [0.25, 0.3) is 5.65 Å². The van der Waals surface area contributed by atoms with Gasteiger partial charge in [-0.25, -0.2) is 9.50 Å². The molecule has 0 radical (unpaired) electrons. The number of carbonyl (C=O) groups is 1. The van der Waals surface area contributed by atoms with Gasteiger partial charge in [0.05, 0.1) is 6.20 Å². The van der Waals surface area contributed by atoms with Crippen molar-refractivity contribution < 1.29 is 4.79 Å². The minimum Gasteiger partial charge on any atom is -0.336 e. The summed E-state index contributed by atoms with van der Waals surface area (Å²) in [5.41, 5.74) is 2.11. The molecule has 0 unspecified atom stereocenters. The van der Waals surface area contributed by atoms with Gasteiger partial charge < -0.3 is 10.2 Å². The van der Waals surface area contributed by atoms with E-state index in [1.807, 2.05) is 24.1 Å². The lowest BCUT2D eigenvalue weighted by Crippen LogP contribution is -2.46. The van der Waals surface area contributed by atoms with Gasteiger partial charge in [0.25, 0.3) is 5.91 Å². The smallest absolute Gasteiger partial charge is 0.259 e. The molecule has 94 valence electrons. The summed E-state index contributed by atoms with van der Waals surface area (Å²) in [5, 5.41) is 7.40. The minimum atomic E-state index is 0.0181. The Kier molecular flexibility index (Phi) is 2.71. The van der Waals surface area contributed by atoms with Crippen LogP contribution in [0.15, 0.2) is 18.5 Å². The second-order valence-corrected chi connectivity index (χ2v) is 4.44. The lowest BCUT2D eigenvalue weighted by Gasteiger charge is -2.26. The van der Waals surface area contributed by atoms with Crippen molar-refractivity contribution in [3.63, 3.8) is 0 Å². The van der Waals surface area contributed by atoms with Gasteiger partial charge in [-0.15, -0.1) is 0 Å². The fraction of sp³-hybridized carbons (Fsp3) is 0.417. The first kappa shape index (κ1) is 11.2. The van der Waals surface area contributed by atoms with Crippen molar-refractivity contribution in [3.8, 4) is 0 Å². The number of amides is 1. The van der Waals surface area contributed by atoms with E-state index in [2.05, 4.69) is 15.4 Å². The molecule has 1 fully saturated rings. The first-order chi connectivity index (χ1) is 8.75. The van der Waals surface area contributed by atoms with E-state index in [1.165, 1.54) is 0 Å². The van der Waals surface area contributed by atoms with Crippen LogP contribution < -0.4 is 5.32 Å². The SMILES string of the molecule is Cc1ccn2ncc(C(=O)N3CCNCC3)c2n1. The lowest BCUT2D eigenvalue weighted by molar-refractivity contribution is 0.0737.